The topological polar surface area (TPSA) is 48.9 Å². The van der Waals surface area contributed by atoms with Crippen LogP contribution >= 0.6 is 24.0 Å². The Morgan fingerprint density at radius 3 is 2.53 bits per heavy atom. The second-order valence-corrected chi connectivity index (χ2v) is 8.51. The molecule has 2 aliphatic rings. The normalized spacial score (nSPS) is 20.5. The molecule has 2 aliphatic heterocycles. The van der Waals surface area contributed by atoms with Crippen molar-refractivity contribution in [3.05, 3.63) is 66.0 Å². The molecule has 0 bridgehead atoms. The number of hydrogen-bond donors (Lipinski definition) is 2. The van der Waals surface area contributed by atoms with Gasteiger partial charge in [0.25, 0.3) is 0 Å². The Labute approximate surface area is 207 Å². The van der Waals surface area contributed by atoms with Gasteiger partial charge in [-0.1, -0.05) is 30.3 Å². The van der Waals surface area contributed by atoms with E-state index in [1.54, 1.807) is 12.1 Å². The first-order valence-electron chi connectivity index (χ1n) is 11.4. The Kier molecular flexibility index (Phi) is 9.16. The second-order valence-electron chi connectivity index (χ2n) is 8.51. The molecule has 1 atom stereocenters. The number of para-hydroxylation sites is 1. The summed E-state index contributed by atoms with van der Waals surface area (Å²) in [6.45, 7) is 6.99. The van der Waals surface area contributed by atoms with Gasteiger partial charge < -0.3 is 20.3 Å². The summed E-state index contributed by atoms with van der Waals surface area (Å²) < 4.78 is 19.1. The maximum atomic E-state index is 13.5. The molecule has 5 nitrogen and oxygen atoms in total. The number of benzene rings is 2. The van der Waals surface area contributed by atoms with Crippen molar-refractivity contribution >= 4 is 35.6 Å². The number of hydrogen-bond acceptors (Lipinski definition) is 3. The molecule has 174 valence electrons. The van der Waals surface area contributed by atoms with Crippen molar-refractivity contribution in [1.82, 2.24) is 10.6 Å². The van der Waals surface area contributed by atoms with E-state index in [0.29, 0.717) is 25.8 Å². The Balaban J connectivity index is 0.00000289. The van der Waals surface area contributed by atoms with Crippen LogP contribution in [0.25, 0.3) is 0 Å². The molecule has 0 aromatic heterocycles. The number of rotatable bonds is 6. The zero-order valence-corrected chi connectivity index (χ0v) is 21.1. The highest BCUT2D eigenvalue weighted by atomic mass is 127. The molecule has 1 unspecified atom stereocenters. The standard InChI is InChI=1S/C25H33FN4O.HI/c1-2-27-24(29-22-12-15-30(18-22)23-6-4-3-5-7-23)28-19-25(13-16-31-17-14-25)20-8-10-21(26)11-9-20;/h3-11,22H,2,12-19H2,1H3,(H2,27,28,29);1H. The average molecular weight is 552 g/mol. The summed E-state index contributed by atoms with van der Waals surface area (Å²) in [5.41, 5.74) is 2.30. The van der Waals surface area contributed by atoms with Gasteiger partial charge in [-0.25, -0.2) is 4.39 Å². The van der Waals surface area contributed by atoms with Crippen molar-refractivity contribution in [3.8, 4) is 0 Å². The highest BCUT2D eigenvalue weighted by Gasteiger charge is 2.34. The lowest BCUT2D eigenvalue weighted by Gasteiger charge is -2.36. The summed E-state index contributed by atoms with van der Waals surface area (Å²) in [4.78, 5) is 7.41. The molecule has 2 aromatic carbocycles. The van der Waals surface area contributed by atoms with E-state index in [4.69, 9.17) is 9.73 Å². The summed E-state index contributed by atoms with van der Waals surface area (Å²) in [5, 5.41) is 7.05. The minimum Gasteiger partial charge on any atom is -0.381 e. The monoisotopic (exact) mass is 552 g/mol. The van der Waals surface area contributed by atoms with Gasteiger partial charge in [0.05, 0.1) is 6.54 Å². The Morgan fingerprint density at radius 2 is 1.84 bits per heavy atom. The molecule has 32 heavy (non-hydrogen) atoms. The van der Waals surface area contributed by atoms with E-state index in [1.807, 2.05) is 12.1 Å². The van der Waals surface area contributed by atoms with Crippen molar-refractivity contribution < 1.29 is 9.13 Å². The van der Waals surface area contributed by atoms with E-state index < -0.39 is 0 Å². The lowest BCUT2D eigenvalue weighted by molar-refractivity contribution is 0.0530. The van der Waals surface area contributed by atoms with Crippen molar-refractivity contribution in [2.24, 2.45) is 4.99 Å². The molecule has 4 rings (SSSR count). The maximum Gasteiger partial charge on any atom is 0.191 e. The molecular formula is C25H34FIN4O. The number of halogens is 2. The van der Waals surface area contributed by atoms with Crippen LogP contribution in [0, 0.1) is 5.82 Å². The largest absolute Gasteiger partial charge is 0.381 e. The van der Waals surface area contributed by atoms with Gasteiger partial charge in [0.1, 0.15) is 5.82 Å². The summed E-state index contributed by atoms with van der Waals surface area (Å²) in [5.74, 6) is 0.657. The Morgan fingerprint density at radius 1 is 1.12 bits per heavy atom. The molecule has 7 heteroatoms. The molecule has 2 fully saturated rings. The molecule has 0 saturated carbocycles. The van der Waals surface area contributed by atoms with Gasteiger partial charge in [-0.2, -0.15) is 0 Å². The van der Waals surface area contributed by atoms with E-state index in [0.717, 1.165) is 50.4 Å². The molecule has 0 spiro atoms. The minimum atomic E-state index is -0.200. The predicted molar refractivity (Wildman–Crippen MR) is 140 cm³/mol. The van der Waals surface area contributed by atoms with Crippen LogP contribution in [0.1, 0.15) is 31.7 Å². The maximum absolute atomic E-state index is 13.5. The number of aliphatic imine (C=N–C) groups is 1. The zero-order chi connectivity index (χ0) is 21.5. The first-order chi connectivity index (χ1) is 15.2. The van der Waals surface area contributed by atoms with Gasteiger partial charge in [-0.05, 0) is 56.0 Å². The van der Waals surface area contributed by atoms with Crippen molar-refractivity contribution in [3.63, 3.8) is 0 Å². The van der Waals surface area contributed by atoms with Gasteiger partial charge in [-0.3, -0.25) is 4.99 Å². The predicted octanol–water partition coefficient (Wildman–Crippen LogP) is 4.33. The molecule has 0 aliphatic carbocycles. The van der Waals surface area contributed by atoms with E-state index in [-0.39, 0.29) is 35.2 Å². The van der Waals surface area contributed by atoms with Crippen LogP contribution in [-0.4, -0.2) is 51.4 Å². The highest BCUT2D eigenvalue weighted by Crippen LogP contribution is 2.35. The third kappa shape index (κ3) is 6.13. The fourth-order valence-electron chi connectivity index (χ4n) is 4.60. The molecule has 0 radical (unpaired) electrons. The number of ether oxygens (including phenoxy) is 1. The van der Waals surface area contributed by atoms with E-state index in [2.05, 4.69) is 52.8 Å². The van der Waals surface area contributed by atoms with Crippen LogP contribution in [-0.2, 0) is 10.2 Å². The summed E-state index contributed by atoms with van der Waals surface area (Å²) in [7, 11) is 0. The SMILES string of the molecule is CCNC(=NCC1(c2ccc(F)cc2)CCOCC1)NC1CCN(c2ccccc2)C1.I. The molecule has 2 heterocycles. The van der Waals surface area contributed by atoms with E-state index >= 15 is 0 Å². The zero-order valence-electron chi connectivity index (χ0n) is 18.7. The first kappa shape index (κ1) is 24.8. The molecule has 2 saturated heterocycles. The number of nitrogens with one attached hydrogen (secondary N) is 2. The Bertz CT molecular complexity index is 856. The minimum absolute atomic E-state index is 0. The van der Waals surface area contributed by atoms with Gasteiger partial charge in [0.15, 0.2) is 5.96 Å². The van der Waals surface area contributed by atoms with Crippen LogP contribution < -0.4 is 15.5 Å². The number of anilines is 1. The molecule has 2 N–H and O–H groups in total. The van der Waals surface area contributed by atoms with Crippen molar-refractivity contribution in [1.29, 1.82) is 0 Å². The van der Waals surface area contributed by atoms with Gasteiger partial charge >= 0.3 is 0 Å². The van der Waals surface area contributed by atoms with Crippen molar-refractivity contribution in [2.45, 2.75) is 37.6 Å². The summed E-state index contributed by atoms with van der Waals surface area (Å²) in [6.07, 6.45) is 2.87. The van der Waals surface area contributed by atoms with Gasteiger partial charge in [-0.15, -0.1) is 24.0 Å². The van der Waals surface area contributed by atoms with Crippen LogP contribution in [0.15, 0.2) is 59.6 Å². The smallest absolute Gasteiger partial charge is 0.191 e. The molecule has 0 amide bonds. The number of nitrogens with zero attached hydrogens (tertiary/aromatic N) is 2. The average Bonchev–Trinajstić information content (AvgIpc) is 3.28. The van der Waals surface area contributed by atoms with Crippen molar-refractivity contribution in [2.75, 3.05) is 44.3 Å². The van der Waals surface area contributed by atoms with Crippen LogP contribution in [0.2, 0.25) is 0 Å². The van der Waals surface area contributed by atoms with E-state index in [9.17, 15) is 4.39 Å². The Hall–Kier alpha value is -1.87. The summed E-state index contributed by atoms with van der Waals surface area (Å²) in [6, 6.07) is 17.8. The van der Waals surface area contributed by atoms with Crippen LogP contribution in [0.4, 0.5) is 10.1 Å². The van der Waals surface area contributed by atoms with Gasteiger partial charge in [0, 0.05) is 50.0 Å². The molecular weight excluding hydrogens is 518 g/mol. The molecule has 2 aromatic rings. The lowest BCUT2D eigenvalue weighted by atomic mass is 9.74. The summed E-state index contributed by atoms with van der Waals surface area (Å²) >= 11 is 0. The third-order valence-electron chi connectivity index (χ3n) is 6.44. The first-order valence-corrected chi connectivity index (χ1v) is 11.4. The fraction of sp³-hybridized carbons (Fsp3) is 0.480. The third-order valence-corrected chi connectivity index (χ3v) is 6.44. The van der Waals surface area contributed by atoms with Crippen LogP contribution in [0.5, 0.6) is 0 Å². The number of guanidine groups is 1. The second kappa shape index (κ2) is 11.8. The van der Waals surface area contributed by atoms with Gasteiger partial charge in [0.2, 0.25) is 0 Å². The fourth-order valence-corrected chi connectivity index (χ4v) is 4.60. The quantitative estimate of drug-likeness (QED) is 0.319. The van der Waals surface area contributed by atoms with Crippen LogP contribution in [0.3, 0.4) is 0 Å². The highest BCUT2D eigenvalue weighted by molar-refractivity contribution is 14.0. The lowest BCUT2D eigenvalue weighted by Crippen LogP contribution is -2.46. The van der Waals surface area contributed by atoms with E-state index in [1.165, 1.54) is 5.69 Å².